The molecule has 2 aliphatic rings. The predicted molar refractivity (Wildman–Crippen MR) is 73.6 cm³/mol. The molecule has 6 heteroatoms. The van der Waals surface area contributed by atoms with Crippen LogP contribution in [0.25, 0.3) is 0 Å². The van der Waals surface area contributed by atoms with Crippen molar-refractivity contribution in [3.8, 4) is 0 Å². The monoisotopic (exact) mass is 284 g/mol. The lowest BCUT2D eigenvalue weighted by Gasteiger charge is -2.40. The smallest absolute Gasteiger partial charge is 0.329 e. The van der Waals surface area contributed by atoms with Gasteiger partial charge in [-0.3, -0.25) is 0 Å². The Kier molecular flexibility index (Phi) is 4.52. The molecule has 0 radical (unpaired) electrons. The number of rotatable bonds is 3. The van der Waals surface area contributed by atoms with Gasteiger partial charge >= 0.3 is 12.0 Å². The average Bonchev–Trinajstić information content (AvgIpc) is 2.91. The maximum atomic E-state index is 12.7. The molecule has 0 bridgehead atoms. The van der Waals surface area contributed by atoms with Crippen molar-refractivity contribution in [1.29, 1.82) is 0 Å². The van der Waals surface area contributed by atoms with Crippen LogP contribution in [0.1, 0.15) is 39.5 Å². The van der Waals surface area contributed by atoms with Crippen molar-refractivity contribution in [2.75, 3.05) is 26.2 Å². The fraction of sp³-hybridized carbons (Fsp3) is 0.857. The maximum Gasteiger partial charge on any atom is 0.329 e. The lowest BCUT2D eigenvalue weighted by atomic mass is 9.93. The first-order valence-corrected chi connectivity index (χ1v) is 7.46. The van der Waals surface area contributed by atoms with Crippen LogP contribution < -0.4 is 0 Å². The molecule has 0 aliphatic carbocycles. The van der Waals surface area contributed by atoms with Crippen LogP contribution in [0.3, 0.4) is 0 Å². The third-order valence-electron chi connectivity index (χ3n) is 4.57. The molecule has 2 aliphatic heterocycles. The fourth-order valence-corrected chi connectivity index (χ4v) is 3.21. The van der Waals surface area contributed by atoms with Gasteiger partial charge in [-0.25, -0.2) is 9.59 Å². The Morgan fingerprint density at radius 1 is 1.35 bits per heavy atom. The molecule has 2 saturated heterocycles. The normalized spacial score (nSPS) is 30.6. The van der Waals surface area contributed by atoms with Crippen molar-refractivity contribution in [2.45, 2.75) is 51.2 Å². The molecule has 2 amide bonds. The molecule has 0 saturated carbocycles. The number of morpholine rings is 1. The van der Waals surface area contributed by atoms with Crippen LogP contribution in [0.5, 0.6) is 0 Å². The summed E-state index contributed by atoms with van der Waals surface area (Å²) in [5, 5.41) is 9.54. The number of carboxylic acids is 1. The molecule has 0 aromatic carbocycles. The molecular weight excluding hydrogens is 260 g/mol. The standard InChI is InChI=1S/C14H24N2O4/c1-3-11-10-15(8-9-20-11)13(19)16-7-5-6-14(16,4-2)12(17)18/h11H,3-10H2,1-2H3,(H,17,18). The van der Waals surface area contributed by atoms with Gasteiger partial charge in [0.15, 0.2) is 0 Å². The maximum absolute atomic E-state index is 12.7. The minimum absolute atomic E-state index is 0.0659. The highest BCUT2D eigenvalue weighted by Gasteiger charge is 2.49. The fourth-order valence-electron chi connectivity index (χ4n) is 3.21. The van der Waals surface area contributed by atoms with Crippen molar-refractivity contribution in [3.63, 3.8) is 0 Å². The first kappa shape index (κ1) is 15.1. The van der Waals surface area contributed by atoms with Gasteiger partial charge in [0, 0.05) is 19.6 Å². The van der Waals surface area contributed by atoms with E-state index in [0.717, 1.165) is 12.8 Å². The average molecular weight is 284 g/mol. The van der Waals surface area contributed by atoms with Gasteiger partial charge in [0.25, 0.3) is 0 Å². The Hall–Kier alpha value is -1.30. The van der Waals surface area contributed by atoms with Crippen LogP contribution in [-0.2, 0) is 9.53 Å². The zero-order valence-corrected chi connectivity index (χ0v) is 12.3. The summed E-state index contributed by atoms with van der Waals surface area (Å²) in [6, 6.07) is -0.145. The minimum atomic E-state index is -1.02. The molecule has 1 N–H and O–H groups in total. The van der Waals surface area contributed by atoms with E-state index in [4.69, 9.17) is 4.74 Å². The number of urea groups is 1. The Balaban J connectivity index is 2.13. The number of carbonyl (C=O) groups excluding carboxylic acids is 1. The largest absolute Gasteiger partial charge is 0.479 e. The molecule has 2 rings (SSSR count). The van der Waals surface area contributed by atoms with E-state index < -0.39 is 11.5 Å². The molecule has 114 valence electrons. The number of likely N-dealkylation sites (tertiary alicyclic amines) is 1. The molecule has 2 fully saturated rings. The van der Waals surface area contributed by atoms with E-state index in [0.29, 0.717) is 39.1 Å². The number of hydrogen-bond donors (Lipinski definition) is 1. The predicted octanol–water partition coefficient (Wildman–Crippen LogP) is 1.55. The highest BCUT2D eigenvalue weighted by molar-refractivity contribution is 5.87. The van der Waals surface area contributed by atoms with Gasteiger partial charge in [-0.15, -0.1) is 0 Å². The molecule has 6 nitrogen and oxygen atoms in total. The second-order valence-corrected chi connectivity index (χ2v) is 5.58. The molecule has 20 heavy (non-hydrogen) atoms. The highest BCUT2D eigenvalue weighted by atomic mass is 16.5. The van der Waals surface area contributed by atoms with Crippen LogP contribution in [0.2, 0.25) is 0 Å². The van der Waals surface area contributed by atoms with Gasteiger partial charge in [-0.1, -0.05) is 13.8 Å². The Labute approximate surface area is 119 Å². The van der Waals surface area contributed by atoms with Gasteiger partial charge in [0.2, 0.25) is 0 Å². The van der Waals surface area contributed by atoms with Crippen LogP contribution >= 0.6 is 0 Å². The number of aliphatic carboxylic acids is 1. The summed E-state index contributed by atoms with van der Waals surface area (Å²) in [4.78, 5) is 27.6. The SMILES string of the molecule is CCC1CN(C(=O)N2CCCC2(CC)C(=O)O)CCO1. The third kappa shape index (κ3) is 2.49. The zero-order chi connectivity index (χ0) is 14.8. The van der Waals surface area contributed by atoms with Crippen LogP contribution in [0.4, 0.5) is 4.79 Å². The molecule has 2 atom stereocenters. The number of ether oxygens (including phenoxy) is 1. The van der Waals surface area contributed by atoms with Crippen molar-refractivity contribution in [3.05, 3.63) is 0 Å². The van der Waals surface area contributed by atoms with E-state index in [9.17, 15) is 14.7 Å². The number of carbonyl (C=O) groups is 2. The lowest BCUT2D eigenvalue weighted by molar-refractivity contribution is -0.148. The van der Waals surface area contributed by atoms with E-state index in [2.05, 4.69) is 0 Å². The summed E-state index contributed by atoms with van der Waals surface area (Å²) in [5.41, 5.74) is -1.02. The second kappa shape index (κ2) is 5.99. The molecular formula is C14H24N2O4. The summed E-state index contributed by atoms with van der Waals surface area (Å²) in [7, 11) is 0. The lowest BCUT2D eigenvalue weighted by Crippen LogP contribution is -2.58. The van der Waals surface area contributed by atoms with Crippen LogP contribution in [0.15, 0.2) is 0 Å². The summed E-state index contributed by atoms with van der Waals surface area (Å²) >= 11 is 0. The van der Waals surface area contributed by atoms with E-state index in [1.54, 1.807) is 9.80 Å². The van der Waals surface area contributed by atoms with Gasteiger partial charge in [0.1, 0.15) is 5.54 Å². The van der Waals surface area contributed by atoms with Crippen molar-refractivity contribution in [2.24, 2.45) is 0 Å². The number of hydrogen-bond acceptors (Lipinski definition) is 3. The zero-order valence-electron chi connectivity index (χ0n) is 12.3. The Bertz CT molecular complexity index is 387. The highest BCUT2D eigenvalue weighted by Crippen LogP contribution is 2.34. The second-order valence-electron chi connectivity index (χ2n) is 5.58. The quantitative estimate of drug-likeness (QED) is 0.853. The number of nitrogens with zero attached hydrogens (tertiary/aromatic N) is 2. The Morgan fingerprint density at radius 2 is 2.10 bits per heavy atom. The molecule has 2 unspecified atom stereocenters. The minimum Gasteiger partial charge on any atom is -0.479 e. The first-order chi connectivity index (χ1) is 9.55. The molecule has 0 spiro atoms. The summed E-state index contributed by atoms with van der Waals surface area (Å²) in [5.74, 6) is -0.883. The van der Waals surface area contributed by atoms with Gasteiger partial charge in [-0.2, -0.15) is 0 Å². The topological polar surface area (TPSA) is 70.1 Å². The van der Waals surface area contributed by atoms with Crippen molar-refractivity contribution >= 4 is 12.0 Å². The molecule has 0 aromatic heterocycles. The summed E-state index contributed by atoms with van der Waals surface area (Å²) in [6.45, 7) is 6.05. The van der Waals surface area contributed by atoms with Crippen LogP contribution in [-0.4, -0.2) is 64.8 Å². The number of amides is 2. The van der Waals surface area contributed by atoms with Crippen molar-refractivity contribution in [1.82, 2.24) is 9.80 Å². The van der Waals surface area contributed by atoms with Gasteiger partial charge < -0.3 is 19.6 Å². The van der Waals surface area contributed by atoms with Gasteiger partial charge in [-0.05, 0) is 25.7 Å². The van der Waals surface area contributed by atoms with Crippen LogP contribution in [0, 0.1) is 0 Å². The Morgan fingerprint density at radius 3 is 2.70 bits per heavy atom. The van der Waals surface area contributed by atoms with E-state index in [1.165, 1.54) is 0 Å². The number of carboxylic acid groups (broad SMARTS) is 1. The summed E-state index contributed by atoms with van der Waals surface area (Å²) in [6.07, 6.45) is 2.69. The molecule has 0 aromatic rings. The molecule has 2 heterocycles. The van der Waals surface area contributed by atoms with E-state index in [-0.39, 0.29) is 12.1 Å². The third-order valence-corrected chi connectivity index (χ3v) is 4.57. The van der Waals surface area contributed by atoms with Gasteiger partial charge in [0.05, 0.1) is 12.7 Å². The van der Waals surface area contributed by atoms with Crippen molar-refractivity contribution < 1.29 is 19.4 Å². The first-order valence-electron chi connectivity index (χ1n) is 7.46. The summed E-state index contributed by atoms with van der Waals surface area (Å²) < 4.78 is 5.57. The van der Waals surface area contributed by atoms with E-state index >= 15 is 0 Å². The van der Waals surface area contributed by atoms with E-state index in [1.807, 2.05) is 13.8 Å².